The second-order valence-electron chi connectivity index (χ2n) is 3.46. The lowest BCUT2D eigenvalue weighted by molar-refractivity contribution is -0.115. The van der Waals surface area contributed by atoms with Crippen molar-refractivity contribution >= 4 is 27.5 Å². The van der Waals surface area contributed by atoms with Crippen molar-refractivity contribution in [1.82, 2.24) is 0 Å². The normalized spacial score (nSPS) is 13.7. The molecule has 1 amide bonds. The number of hydrogen-bond acceptors (Lipinski definition) is 2. The van der Waals surface area contributed by atoms with Gasteiger partial charge in [-0.15, -0.1) is 0 Å². The Balaban J connectivity index is 2.06. The van der Waals surface area contributed by atoms with Crippen molar-refractivity contribution in [2.75, 3.05) is 10.6 Å². The van der Waals surface area contributed by atoms with Gasteiger partial charge < -0.3 is 10.1 Å². The molecule has 3 nitrogen and oxygen atoms in total. The molecule has 1 aromatic rings. The third-order valence-electron chi connectivity index (χ3n) is 2.33. The molecular formula is C11H12BrNO2. The van der Waals surface area contributed by atoms with Gasteiger partial charge in [0.15, 0.2) is 0 Å². The van der Waals surface area contributed by atoms with Crippen LogP contribution in [0.15, 0.2) is 18.2 Å². The minimum absolute atomic E-state index is 0.0331. The molecule has 0 saturated carbocycles. The van der Waals surface area contributed by atoms with E-state index in [-0.39, 0.29) is 5.91 Å². The largest absolute Gasteiger partial charge is 0.372 e. The molecular weight excluding hydrogens is 258 g/mol. The van der Waals surface area contributed by atoms with Crippen LogP contribution in [0.2, 0.25) is 0 Å². The second-order valence-corrected chi connectivity index (χ2v) is 4.26. The van der Waals surface area contributed by atoms with Crippen LogP contribution in [0.25, 0.3) is 0 Å². The van der Waals surface area contributed by atoms with Crippen molar-refractivity contribution in [3.63, 3.8) is 0 Å². The first-order chi connectivity index (χ1) is 7.29. The van der Waals surface area contributed by atoms with E-state index in [0.29, 0.717) is 25.0 Å². The fourth-order valence-electron chi connectivity index (χ4n) is 1.56. The summed E-state index contributed by atoms with van der Waals surface area (Å²) in [6.45, 7) is 1.34. The van der Waals surface area contributed by atoms with Gasteiger partial charge in [0, 0.05) is 17.4 Å². The van der Waals surface area contributed by atoms with E-state index in [9.17, 15) is 4.79 Å². The Labute approximate surface area is 96.9 Å². The molecule has 1 aromatic carbocycles. The van der Waals surface area contributed by atoms with Gasteiger partial charge in [0.25, 0.3) is 0 Å². The standard InChI is InChI=1S/C11H12BrNO2/c12-4-3-11(14)13-10-2-1-8-6-15-7-9(8)5-10/h1-2,5H,3-4,6-7H2,(H,13,14). The van der Waals surface area contributed by atoms with E-state index in [1.54, 1.807) is 0 Å². The summed E-state index contributed by atoms with van der Waals surface area (Å²) in [5, 5.41) is 3.54. The van der Waals surface area contributed by atoms with Gasteiger partial charge in [0.05, 0.1) is 13.2 Å². The summed E-state index contributed by atoms with van der Waals surface area (Å²) in [6, 6.07) is 5.90. The lowest BCUT2D eigenvalue weighted by Gasteiger charge is -2.05. The average Bonchev–Trinajstić information content (AvgIpc) is 2.65. The van der Waals surface area contributed by atoms with E-state index in [4.69, 9.17) is 4.74 Å². The fourth-order valence-corrected chi connectivity index (χ4v) is 1.92. The number of fused-ring (bicyclic) bond motifs is 1. The maximum absolute atomic E-state index is 11.3. The third-order valence-corrected chi connectivity index (χ3v) is 2.72. The smallest absolute Gasteiger partial charge is 0.225 e. The Kier molecular flexibility index (Phi) is 3.38. The van der Waals surface area contributed by atoms with Gasteiger partial charge in [0.1, 0.15) is 0 Å². The van der Waals surface area contributed by atoms with Crippen LogP contribution in [0.4, 0.5) is 5.69 Å². The van der Waals surface area contributed by atoms with Crippen LogP contribution in [0, 0.1) is 0 Å². The predicted octanol–water partition coefficient (Wildman–Crippen LogP) is 2.44. The highest BCUT2D eigenvalue weighted by Gasteiger charge is 2.11. The summed E-state index contributed by atoms with van der Waals surface area (Å²) in [4.78, 5) is 11.3. The summed E-state index contributed by atoms with van der Waals surface area (Å²) in [7, 11) is 0. The number of benzene rings is 1. The second kappa shape index (κ2) is 4.77. The highest BCUT2D eigenvalue weighted by molar-refractivity contribution is 9.09. The number of rotatable bonds is 3. The summed E-state index contributed by atoms with van der Waals surface area (Å²) < 4.78 is 5.30. The molecule has 0 spiro atoms. The molecule has 0 aliphatic carbocycles. The average molecular weight is 270 g/mol. The first-order valence-electron chi connectivity index (χ1n) is 4.85. The van der Waals surface area contributed by atoms with Crippen LogP contribution in [-0.2, 0) is 22.7 Å². The lowest BCUT2D eigenvalue weighted by Crippen LogP contribution is -2.11. The van der Waals surface area contributed by atoms with Gasteiger partial charge in [-0.3, -0.25) is 4.79 Å². The number of anilines is 1. The number of amides is 1. The molecule has 1 aliphatic rings. The summed E-state index contributed by atoms with van der Waals surface area (Å²) >= 11 is 3.23. The Morgan fingerprint density at radius 3 is 3.00 bits per heavy atom. The van der Waals surface area contributed by atoms with Crippen molar-refractivity contribution < 1.29 is 9.53 Å². The number of alkyl halides is 1. The van der Waals surface area contributed by atoms with Gasteiger partial charge in [0.2, 0.25) is 5.91 Å². The minimum Gasteiger partial charge on any atom is -0.372 e. The van der Waals surface area contributed by atoms with Crippen LogP contribution >= 0.6 is 15.9 Å². The molecule has 2 rings (SSSR count). The first kappa shape index (κ1) is 10.6. The Bertz CT molecular complexity index is 379. The monoisotopic (exact) mass is 269 g/mol. The maximum Gasteiger partial charge on any atom is 0.225 e. The zero-order valence-corrected chi connectivity index (χ0v) is 9.84. The molecule has 4 heteroatoms. The zero-order valence-electron chi connectivity index (χ0n) is 8.25. The number of carbonyl (C=O) groups excluding carboxylic acids is 1. The Morgan fingerprint density at radius 1 is 1.40 bits per heavy atom. The predicted molar refractivity (Wildman–Crippen MR) is 62.0 cm³/mol. The topological polar surface area (TPSA) is 38.3 Å². The SMILES string of the molecule is O=C(CCBr)Nc1ccc2c(c1)COC2. The quantitative estimate of drug-likeness (QED) is 0.857. The summed E-state index contributed by atoms with van der Waals surface area (Å²) in [5.74, 6) is 0.0331. The van der Waals surface area contributed by atoms with Crippen LogP contribution in [0.1, 0.15) is 17.5 Å². The molecule has 15 heavy (non-hydrogen) atoms. The molecule has 0 bridgehead atoms. The van der Waals surface area contributed by atoms with E-state index >= 15 is 0 Å². The molecule has 1 heterocycles. The number of carbonyl (C=O) groups is 1. The van der Waals surface area contributed by atoms with Crippen molar-refractivity contribution in [2.24, 2.45) is 0 Å². The minimum atomic E-state index is 0.0331. The first-order valence-corrected chi connectivity index (χ1v) is 5.97. The van der Waals surface area contributed by atoms with Gasteiger partial charge in [-0.05, 0) is 23.3 Å². The molecule has 0 saturated heterocycles. The highest BCUT2D eigenvalue weighted by Crippen LogP contribution is 2.23. The van der Waals surface area contributed by atoms with Crippen molar-refractivity contribution in [3.05, 3.63) is 29.3 Å². The molecule has 0 atom stereocenters. The zero-order chi connectivity index (χ0) is 10.7. The number of nitrogens with one attached hydrogen (secondary N) is 1. The van der Waals surface area contributed by atoms with Crippen molar-refractivity contribution in [1.29, 1.82) is 0 Å². The fraction of sp³-hybridized carbons (Fsp3) is 0.364. The molecule has 1 aliphatic heterocycles. The van der Waals surface area contributed by atoms with Crippen molar-refractivity contribution in [3.8, 4) is 0 Å². The highest BCUT2D eigenvalue weighted by atomic mass is 79.9. The van der Waals surface area contributed by atoms with Gasteiger partial charge in [-0.25, -0.2) is 0 Å². The number of ether oxygens (including phenoxy) is 1. The van der Waals surface area contributed by atoms with Gasteiger partial charge in [-0.1, -0.05) is 22.0 Å². The molecule has 0 radical (unpaired) electrons. The molecule has 80 valence electrons. The molecule has 0 unspecified atom stereocenters. The van der Waals surface area contributed by atoms with E-state index < -0.39 is 0 Å². The van der Waals surface area contributed by atoms with Crippen LogP contribution in [-0.4, -0.2) is 11.2 Å². The molecule has 1 N–H and O–H groups in total. The lowest BCUT2D eigenvalue weighted by atomic mass is 10.1. The molecule has 0 aromatic heterocycles. The number of hydrogen-bond donors (Lipinski definition) is 1. The van der Waals surface area contributed by atoms with Crippen LogP contribution in [0.5, 0.6) is 0 Å². The van der Waals surface area contributed by atoms with Crippen LogP contribution in [0.3, 0.4) is 0 Å². The Hall–Kier alpha value is -0.870. The van der Waals surface area contributed by atoms with E-state index in [2.05, 4.69) is 21.2 Å². The summed E-state index contributed by atoms with van der Waals surface area (Å²) in [5.41, 5.74) is 3.24. The number of halogens is 1. The van der Waals surface area contributed by atoms with E-state index in [1.807, 2.05) is 18.2 Å². The van der Waals surface area contributed by atoms with Gasteiger partial charge in [-0.2, -0.15) is 0 Å². The molecule has 0 fully saturated rings. The van der Waals surface area contributed by atoms with Gasteiger partial charge >= 0.3 is 0 Å². The van der Waals surface area contributed by atoms with E-state index in [0.717, 1.165) is 5.69 Å². The third kappa shape index (κ3) is 2.58. The van der Waals surface area contributed by atoms with E-state index in [1.165, 1.54) is 11.1 Å². The Morgan fingerprint density at radius 2 is 2.20 bits per heavy atom. The van der Waals surface area contributed by atoms with Crippen LogP contribution < -0.4 is 5.32 Å². The summed E-state index contributed by atoms with van der Waals surface area (Å²) in [6.07, 6.45) is 0.494. The van der Waals surface area contributed by atoms with Crippen molar-refractivity contribution in [2.45, 2.75) is 19.6 Å². The maximum atomic E-state index is 11.3.